The molecule has 0 aromatic carbocycles. The molecule has 0 saturated carbocycles. The van der Waals surface area contributed by atoms with E-state index >= 15 is 0 Å². The average Bonchev–Trinajstić information content (AvgIpc) is 4.13. The number of nitrogens with two attached hydrogens (primary N) is 2. The number of hydrogen-bond acceptors (Lipinski definition) is 26. The number of imidazole rings is 2. The molecule has 0 amide bonds. The fraction of sp³-hybridized carbons (Fsp3) is 0.600. The molecule has 3 saturated heterocycles. The van der Waals surface area contributed by atoms with Crippen LogP contribution in [0.1, 0.15) is 32.0 Å². The van der Waals surface area contributed by atoms with E-state index in [1.807, 2.05) is 4.98 Å². The van der Waals surface area contributed by atoms with Crippen molar-refractivity contribution in [3.63, 3.8) is 0 Å². The van der Waals surface area contributed by atoms with E-state index in [0.29, 0.717) is 0 Å². The summed E-state index contributed by atoms with van der Waals surface area (Å²) in [6, 6.07) is 0.929. The number of hydrogen-bond donors (Lipinski definition) is 11. The second-order valence-corrected chi connectivity index (χ2v) is 23.5. The van der Waals surface area contributed by atoms with Gasteiger partial charge in [0.1, 0.15) is 54.1 Å². The van der Waals surface area contributed by atoms with Gasteiger partial charge in [0.05, 0.1) is 39.3 Å². The number of aliphatic hydroxyl groups excluding tert-OH is 3. The third-order valence-electron chi connectivity index (χ3n) is 12.1. The van der Waals surface area contributed by atoms with Crippen LogP contribution in [0.25, 0.3) is 22.3 Å². The second kappa shape index (κ2) is 22.0. The molecule has 40 heteroatoms. The molecule has 75 heavy (non-hydrogen) atoms. The van der Waals surface area contributed by atoms with E-state index in [0.717, 1.165) is 36.6 Å². The lowest BCUT2D eigenvalue weighted by Gasteiger charge is -2.28. The van der Waals surface area contributed by atoms with Gasteiger partial charge in [-0.2, -0.15) is 8.62 Å². The predicted molar refractivity (Wildman–Crippen MR) is 245 cm³/mol. The Labute approximate surface area is 419 Å². The average molecular weight is 1150 g/mol. The lowest BCUT2D eigenvalue weighted by molar-refractivity contribution is -0.745. The largest absolute Gasteiger partial charge is 0.490 e. The lowest BCUT2D eigenvalue weighted by atomic mass is 9.95. The maximum absolute atomic E-state index is 14.3. The van der Waals surface area contributed by atoms with Crippen LogP contribution < -0.4 is 32.8 Å². The minimum atomic E-state index is -6.19. The Morgan fingerprint density at radius 2 is 1.48 bits per heavy atom. The van der Waals surface area contributed by atoms with Gasteiger partial charge in [-0.1, -0.05) is 4.98 Å². The van der Waals surface area contributed by atoms with Gasteiger partial charge < -0.3 is 74.6 Å². The highest BCUT2D eigenvalue weighted by atomic mass is 31.3. The van der Waals surface area contributed by atoms with Crippen molar-refractivity contribution in [2.75, 3.05) is 51.6 Å². The van der Waals surface area contributed by atoms with Crippen LogP contribution in [0.15, 0.2) is 45.6 Å². The van der Waals surface area contributed by atoms with Crippen molar-refractivity contribution in [1.29, 1.82) is 0 Å². The zero-order chi connectivity index (χ0) is 54.5. The summed E-state index contributed by atoms with van der Waals surface area (Å²) in [5, 5.41) is 32.9. The number of phosphoric ester groups is 2. The molecule has 0 spiro atoms. The quantitative estimate of drug-likeness (QED) is 0.0185. The van der Waals surface area contributed by atoms with Crippen LogP contribution in [0.4, 0.5) is 11.8 Å². The Morgan fingerprint density at radius 1 is 0.813 bits per heavy atom. The van der Waals surface area contributed by atoms with Crippen molar-refractivity contribution in [1.82, 2.24) is 43.6 Å². The fourth-order valence-corrected chi connectivity index (χ4v) is 14.1. The van der Waals surface area contributed by atoms with Crippen LogP contribution >= 0.6 is 31.1 Å². The molecule has 0 aliphatic carbocycles. The third-order valence-corrected chi connectivity index (χ3v) is 18.3. The van der Waals surface area contributed by atoms with Crippen LogP contribution in [-0.2, 0) is 71.2 Å². The summed E-state index contributed by atoms with van der Waals surface area (Å²) in [5.74, 6) is -1.29. The summed E-state index contributed by atoms with van der Waals surface area (Å²) in [6.07, 6.45) is -11.4. The fourth-order valence-electron chi connectivity index (χ4n) is 8.80. The summed E-state index contributed by atoms with van der Waals surface area (Å²) < 4.78 is 111. The van der Waals surface area contributed by atoms with E-state index in [9.17, 15) is 67.5 Å². The molecule has 13 N–H and O–H groups in total. The number of fused-ring (bicyclic) bond motifs is 2. The van der Waals surface area contributed by atoms with Crippen molar-refractivity contribution in [3.8, 4) is 0 Å². The number of nitrogens with zero attached hydrogens (tertiary/aromatic N) is 8. The Morgan fingerprint density at radius 3 is 2.15 bits per heavy atom. The number of aryl methyl sites for hydroxylation is 1. The molecule has 0 bridgehead atoms. The molecule has 414 valence electrons. The normalized spacial score (nSPS) is 30.4. The van der Waals surface area contributed by atoms with E-state index < -0.39 is 141 Å². The molecule has 8 rings (SSSR count). The smallest absolute Gasteiger partial charge is 0.387 e. The van der Waals surface area contributed by atoms with Gasteiger partial charge in [-0.25, -0.2) is 38.0 Å². The number of methoxy groups -OCH3 is 1. The van der Waals surface area contributed by atoms with E-state index in [4.69, 9.17) is 48.7 Å². The minimum absolute atomic E-state index is 0.00492. The first kappa shape index (κ1) is 56.6. The molecular formula is C35H51N12O24P4+. The number of nitrogen functional groups attached to an aromatic ring is 2. The van der Waals surface area contributed by atoms with Crippen LogP contribution in [-0.4, -0.2) is 167 Å². The molecule has 3 aliphatic rings. The predicted octanol–water partition coefficient (Wildman–Crippen LogP) is -3.13. The summed E-state index contributed by atoms with van der Waals surface area (Å²) in [5.41, 5.74) is 7.37. The standard InChI is InChI=1S/C35H50N12O24P4/c1-4-63-8-6-15-16(67-31(22(15)49)47-14-44(2)21-29(47)42-34(37)43-30(21)52)9-65-73(56,57)70-75(60,61)71-74(58,59)66-11-18-26(25(62-3)33(69-18)46-13-40-20-27(36)38-12-39-28(20)46)72(54,55)64-10-17-23(50)24(51)32(68-17)45-7-5-19(48)41-35(45)53/h5,7,12-18,22-26,31-33,49-51H,4,6,8-11H2,1-3H3,(H9-,36,37,38,39,41,42,43,48,52,53,54,55,56,57,58,59,60,61)/p+1/t15-,16-,17-,18?,22-,23-,24-,25-,26-,31-,32-,33-/m1/s1. The van der Waals surface area contributed by atoms with Crippen molar-refractivity contribution in [3.05, 3.63) is 62.4 Å². The molecule has 3 fully saturated rings. The third kappa shape index (κ3) is 12.0. The van der Waals surface area contributed by atoms with Gasteiger partial charge in [0.25, 0.3) is 17.1 Å². The Bertz CT molecular complexity index is 3280. The number of ether oxygens (including phenoxy) is 5. The number of aromatic amines is 2. The highest BCUT2D eigenvalue weighted by Crippen LogP contribution is 2.68. The Hall–Kier alpha value is -4.58. The van der Waals surface area contributed by atoms with E-state index in [1.165, 1.54) is 27.1 Å². The van der Waals surface area contributed by atoms with Gasteiger partial charge >= 0.3 is 42.4 Å². The van der Waals surface area contributed by atoms with Crippen molar-refractivity contribution >= 4 is 65.2 Å². The monoisotopic (exact) mass is 1150 g/mol. The second-order valence-electron chi connectivity index (χ2n) is 16.9. The molecule has 3 aliphatic heterocycles. The number of phosphoric acid groups is 3. The summed E-state index contributed by atoms with van der Waals surface area (Å²) >= 11 is 0. The number of aromatic nitrogens is 10. The number of H-pyrrole nitrogens is 2. The van der Waals surface area contributed by atoms with Crippen molar-refractivity contribution < 1.29 is 104 Å². The van der Waals surface area contributed by atoms with E-state index in [2.05, 4.69) is 33.5 Å². The molecule has 5 aromatic heterocycles. The number of nitrogens with one attached hydrogen (secondary N) is 2. The van der Waals surface area contributed by atoms with E-state index in [1.54, 1.807) is 6.92 Å². The molecular weight excluding hydrogens is 1100 g/mol. The van der Waals surface area contributed by atoms with Crippen molar-refractivity contribution in [2.24, 2.45) is 13.0 Å². The first-order chi connectivity index (χ1) is 35.2. The zero-order valence-corrected chi connectivity index (χ0v) is 42.7. The summed E-state index contributed by atoms with van der Waals surface area (Å²) in [4.78, 5) is 101. The number of aliphatic hydroxyl groups is 3. The van der Waals surface area contributed by atoms with Crippen LogP contribution in [0.3, 0.4) is 0 Å². The maximum Gasteiger partial charge on any atom is 0.490 e. The molecule has 5 unspecified atom stereocenters. The van der Waals surface area contributed by atoms with Gasteiger partial charge in [0, 0.05) is 38.5 Å². The molecule has 0 radical (unpaired) electrons. The first-order valence-corrected chi connectivity index (χ1v) is 28.2. The minimum Gasteiger partial charge on any atom is -0.387 e. The van der Waals surface area contributed by atoms with Gasteiger partial charge in [0.2, 0.25) is 11.7 Å². The molecule has 8 heterocycles. The Kier molecular flexibility index (Phi) is 16.6. The summed E-state index contributed by atoms with van der Waals surface area (Å²) in [7, 11) is -20.7. The van der Waals surface area contributed by atoms with Crippen LogP contribution in [0.2, 0.25) is 0 Å². The molecule has 36 nitrogen and oxygen atoms in total. The van der Waals surface area contributed by atoms with Crippen LogP contribution in [0.5, 0.6) is 0 Å². The van der Waals surface area contributed by atoms with Crippen molar-refractivity contribution in [2.45, 2.75) is 80.4 Å². The highest BCUT2D eigenvalue weighted by molar-refractivity contribution is 7.66. The van der Waals surface area contributed by atoms with Gasteiger partial charge in [-0.15, -0.1) is 0 Å². The number of rotatable bonds is 22. The highest BCUT2D eigenvalue weighted by Gasteiger charge is 2.58. The topological polar surface area (TPSA) is 507 Å². The summed E-state index contributed by atoms with van der Waals surface area (Å²) in [6.45, 7) is -1.19. The van der Waals surface area contributed by atoms with Crippen LogP contribution in [0, 0.1) is 5.92 Å². The zero-order valence-electron chi connectivity index (χ0n) is 39.1. The van der Waals surface area contributed by atoms with Gasteiger partial charge in [-0.05, 0) is 13.3 Å². The SMILES string of the molecule is CCOCC[C@H]1[C@@H](O)[C@H]([n+]2cn(C)c3c(=O)[nH]c(N)nc32)O[C@@H]1COP(=O)(O)OP(=O)(O)OP(=O)(O)OCC1O[C@@H](n2cnc3c(N)ncnc32)[C@H](OC)[C@@H]1P(=O)(O)OC[C@H]1O[C@@H](n2ccc(=O)[nH]c2=O)[C@H](O)[C@@H]1O. The van der Waals surface area contributed by atoms with E-state index in [-0.39, 0.29) is 53.7 Å². The first-order valence-electron chi connectivity index (χ1n) is 22.0. The molecule has 5 aromatic rings. The Balaban J connectivity index is 0.961. The number of anilines is 2. The lowest BCUT2D eigenvalue weighted by Crippen LogP contribution is -2.45. The van der Waals surface area contributed by atoms with Gasteiger partial charge in [0.15, 0.2) is 30.2 Å². The van der Waals surface area contributed by atoms with Gasteiger partial charge in [-0.3, -0.25) is 46.9 Å². The molecule has 16 atom stereocenters. The maximum atomic E-state index is 14.3.